The van der Waals surface area contributed by atoms with E-state index in [1.807, 2.05) is 6.07 Å². The summed E-state index contributed by atoms with van der Waals surface area (Å²) in [6.07, 6.45) is -1.35. The van der Waals surface area contributed by atoms with Gasteiger partial charge in [-0.05, 0) is 18.4 Å². The van der Waals surface area contributed by atoms with E-state index >= 15 is 0 Å². The summed E-state index contributed by atoms with van der Waals surface area (Å²) in [7, 11) is -3.76. The predicted octanol–water partition coefficient (Wildman–Crippen LogP) is 0.611. The molecule has 0 spiro atoms. The van der Waals surface area contributed by atoms with Crippen LogP contribution in [0.15, 0.2) is 30.3 Å². The summed E-state index contributed by atoms with van der Waals surface area (Å²) in [5, 5.41) is 11.7. The largest absolute Gasteiger partial charge is 0.435 e. The van der Waals surface area contributed by atoms with Crippen LogP contribution in [0.4, 0.5) is 4.79 Å². The number of hydrogen-bond acceptors (Lipinski definition) is 7. The fourth-order valence-corrected chi connectivity index (χ4v) is 4.43. The van der Waals surface area contributed by atoms with E-state index in [1.165, 1.54) is 4.90 Å². The highest BCUT2D eigenvalue weighted by Crippen LogP contribution is 2.34. The van der Waals surface area contributed by atoms with Gasteiger partial charge in [0.15, 0.2) is 15.9 Å². The minimum atomic E-state index is -3.76. The lowest BCUT2D eigenvalue weighted by molar-refractivity contribution is -0.129. The molecule has 2 aliphatic rings. The highest BCUT2D eigenvalue weighted by molar-refractivity contribution is 7.90. The second kappa shape index (κ2) is 8.80. The van der Waals surface area contributed by atoms with Gasteiger partial charge in [-0.1, -0.05) is 30.3 Å². The van der Waals surface area contributed by atoms with Crippen molar-refractivity contribution in [2.75, 3.05) is 32.1 Å². The second-order valence-electron chi connectivity index (χ2n) is 7.20. The fourth-order valence-electron chi connectivity index (χ4n) is 2.93. The molecular formula is C19H23N3O6S. The number of nitrogens with zero attached hydrogens (tertiary/aromatic N) is 2. The number of carbonyl (C=O) groups excluding carboxylic acids is 2. The van der Waals surface area contributed by atoms with Crippen molar-refractivity contribution in [1.82, 2.24) is 10.2 Å². The Morgan fingerprint density at radius 2 is 1.90 bits per heavy atom. The Hall–Kier alpha value is -2.64. The van der Waals surface area contributed by atoms with Crippen molar-refractivity contribution in [3.05, 3.63) is 35.9 Å². The van der Waals surface area contributed by atoms with Crippen LogP contribution in [0.1, 0.15) is 18.4 Å². The molecular weight excluding hydrogens is 398 g/mol. The number of hydrogen-bond donors (Lipinski definition) is 1. The third kappa shape index (κ3) is 5.92. The van der Waals surface area contributed by atoms with E-state index in [-0.39, 0.29) is 5.75 Å². The molecule has 9 nitrogen and oxygen atoms in total. The van der Waals surface area contributed by atoms with Crippen molar-refractivity contribution in [3.63, 3.8) is 0 Å². The molecule has 2 fully saturated rings. The van der Waals surface area contributed by atoms with Gasteiger partial charge < -0.3 is 19.7 Å². The lowest BCUT2D eigenvalue weighted by Gasteiger charge is -2.28. The maximum Gasteiger partial charge on any atom is 0.410 e. The van der Waals surface area contributed by atoms with Gasteiger partial charge in [-0.2, -0.15) is 5.26 Å². The summed E-state index contributed by atoms with van der Waals surface area (Å²) in [6, 6.07) is 10.6. The number of nitriles is 1. The van der Waals surface area contributed by atoms with Crippen LogP contribution in [0.3, 0.4) is 0 Å². The molecule has 1 N–H and O–H groups in total. The standard InChI is InChI=1S/C19H23N3O6S/c20-14-19(6-7-19)21-17(23)16(28-18(24)22-8-10-27-11-9-22)13-29(25,26)12-15-4-2-1-3-5-15/h1-5,16H,6-13H2,(H,21,23)/t16-/m0/s1. The Bertz CT molecular complexity index is 886. The van der Waals surface area contributed by atoms with Crippen LogP contribution in [0.2, 0.25) is 0 Å². The summed E-state index contributed by atoms with van der Waals surface area (Å²) < 4.78 is 35.8. The summed E-state index contributed by atoms with van der Waals surface area (Å²) in [5.74, 6) is -1.72. The third-order valence-electron chi connectivity index (χ3n) is 4.77. The van der Waals surface area contributed by atoms with Crippen LogP contribution in [0.5, 0.6) is 0 Å². The van der Waals surface area contributed by atoms with Gasteiger partial charge in [0, 0.05) is 13.1 Å². The minimum absolute atomic E-state index is 0.282. The first-order chi connectivity index (χ1) is 13.8. The van der Waals surface area contributed by atoms with Crippen LogP contribution < -0.4 is 5.32 Å². The van der Waals surface area contributed by atoms with Gasteiger partial charge in [-0.15, -0.1) is 0 Å². The fraction of sp³-hybridized carbons (Fsp3) is 0.526. The monoisotopic (exact) mass is 421 g/mol. The zero-order chi connectivity index (χ0) is 20.9. The van der Waals surface area contributed by atoms with Gasteiger partial charge in [0.25, 0.3) is 5.91 Å². The van der Waals surface area contributed by atoms with E-state index in [0.717, 1.165) is 0 Å². The number of carbonyl (C=O) groups is 2. The van der Waals surface area contributed by atoms with Crippen molar-refractivity contribution < 1.29 is 27.5 Å². The summed E-state index contributed by atoms with van der Waals surface area (Å²) in [4.78, 5) is 26.4. The average molecular weight is 421 g/mol. The predicted molar refractivity (Wildman–Crippen MR) is 102 cm³/mol. The number of amides is 2. The molecule has 0 unspecified atom stereocenters. The van der Waals surface area contributed by atoms with Crippen LogP contribution >= 0.6 is 0 Å². The molecule has 1 saturated carbocycles. The van der Waals surface area contributed by atoms with Crippen LogP contribution in [0.25, 0.3) is 0 Å². The van der Waals surface area contributed by atoms with Gasteiger partial charge in [-0.25, -0.2) is 13.2 Å². The Labute approximate surface area is 169 Å². The molecule has 29 heavy (non-hydrogen) atoms. The van der Waals surface area contributed by atoms with Gasteiger partial charge in [-0.3, -0.25) is 4.79 Å². The van der Waals surface area contributed by atoms with Crippen LogP contribution in [0, 0.1) is 11.3 Å². The van der Waals surface area contributed by atoms with Crippen molar-refractivity contribution in [1.29, 1.82) is 5.26 Å². The summed E-state index contributed by atoms with van der Waals surface area (Å²) in [5.41, 5.74) is -0.425. The van der Waals surface area contributed by atoms with Gasteiger partial charge in [0.2, 0.25) is 0 Å². The topological polar surface area (TPSA) is 126 Å². The van der Waals surface area contributed by atoms with E-state index in [0.29, 0.717) is 44.7 Å². The summed E-state index contributed by atoms with van der Waals surface area (Å²) in [6.45, 7) is 1.28. The molecule has 1 aliphatic carbocycles. The molecule has 1 aromatic rings. The average Bonchev–Trinajstić information content (AvgIpc) is 3.48. The Morgan fingerprint density at radius 1 is 1.24 bits per heavy atom. The van der Waals surface area contributed by atoms with E-state index in [2.05, 4.69) is 5.32 Å². The zero-order valence-electron chi connectivity index (χ0n) is 15.9. The SMILES string of the molecule is N#CC1(NC(=O)[C@H](CS(=O)(=O)Cc2ccccc2)OC(=O)N2CCOCC2)CC1. The quantitative estimate of drug-likeness (QED) is 0.684. The van der Waals surface area contributed by atoms with E-state index in [9.17, 15) is 23.3 Å². The smallest absolute Gasteiger partial charge is 0.410 e. The first-order valence-electron chi connectivity index (χ1n) is 9.33. The zero-order valence-corrected chi connectivity index (χ0v) is 16.7. The Balaban J connectivity index is 1.71. The van der Waals surface area contributed by atoms with E-state index in [1.54, 1.807) is 30.3 Å². The van der Waals surface area contributed by atoms with Crippen LogP contribution in [-0.4, -0.2) is 69.0 Å². The number of nitrogens with one attached hydrogen (secondary N) is 1. The molecule has 1 saturated heterocycles. The Kier molecular flexibility index (Phi) is 6.39. The molecule has 2 amide bonds. The molecule has 0 bridgehead atoms. The molecule has 156 valence electrons. The summed E-state index contributed by atoms with van der Waals surface area (Å²) >= 11 is 0. The lowest BCUT2D eigenvalue weighted by atomic mass is 10.2. The number of ether oxygens (including phenoxy) is 2. The van der Waals surface area contributed by atoms with Gasteiger partial charge in [0.05, 0.1) is 30.8 Å². The molecule has 1 aromatic carbocycles. The van der Waals surface area contributed by atoms with Crippen molar-refractivity contribution in [2.24, 2.45) is 0 Å². The molecule has 10 heteroatoms. The number of sulfone groups is 1. The number of benzene rings is 1. The molecule has 0 aromatic heterocycles. The molecule has 1 atom stereocenters. The lowest BCUT2D eigenvalue weighted by Crippen LogP contribution is -2.49. The molecule has 3 rings (SSSR count). The maximum absolute atomic E-state index is 12.7. The van der Waals surface area contributed by atoms with Crippen molar-refractivity contribution in [3.8, 4) is 6.07 Å². The highest BCUT2D eigenvalue weighted by Gasteiger charge is 2.46. The normalized spacial score (nSPS) is 18.9. The van der Waals surface area contributed by atoms with Gasteiger partial charge in [0.1, 0.15) is 5.54 Å². The van der Waals surface area contributed by atoms with Crippen LogP contribution in [-0.2, 0) is 29.9 Å². The van der Waals surface area contributed by atoms with Gasteiger partial charge >= 0.3 is 6.09 Å². The molecule has 1 heterocycles. The first kappa shape index (κ1) is 21.1. The molecule has 0 radical (unpaired) electrons. The van der Waals surface area contributed by atoms with E-state index < -0.39 is 39.2 Å². The maximum atomic E-state index is 12.7. The third-order valence-corrected chi connectivity index (χ3v) is 6.35. The van der Waals surface area contributed by atoms with Crippen molar-refractivity contribution >= 4 is 21.8 Å². The minimum Gasteiger partial charge on any atom is -0.435 e. The second-order valence-corrected chi connectivity index (χ2v) is 9.30. The van der Waals surface area contributed by atoms with E-state index in [4.69, 9.17) is 9.47 Å². The Morgan fingerprint density at radius 3 is 2.48 bits per heavy atom. The van der Waals surface area contributed by atoms with Crippen molar-refractivity contribution in [2.45, 2.75) is 30.2 Å². The number of morpholine rings is 1. The molecule has 1 aliphatic heterocycles. The first-order valence-corrected chi connectivity index (χ1v) is 11.2. The highest BCUT2D eigenvalue weighted by atomic mass is 32.2. The number of rotatable bonds is 7.